The van der Waals surface area contributed by atoms with E-state index in [9.17, 15) is 8.42 Å². The van der Waals surface area contributed by atoms with Gasteiger partial charge in [0.1, 0.15) is 0 Å². The molecule has 1 aliphatic heterocycles. The number of hydrogen-bond acceptors (Lipinski definition) is 4. The second-order valence-corrected chi connectivity index (χ2v) is 6.07. The molecule has 5 nitrogen and oxygen atoms in total. The lowest BCUT2D eigenvalue weighted by atomic mass is 10.1. The maximum Gasteiger partial charge on any atom is 0.213 e. The third kappa shape index (κ3) is 5.25. The highest BCUT2D eigenvalue weighted by Crippen LogP contribution is 2.13. The molecule has 2 unspecified atom stereocenters. The van der Waals surface area contributed by atoms with Crippen LogP contribution in [0.2, 0.25) is 0 Å². The van der Waals surface area contributed by atoms with Crippen LogP contribution in [0, 0.1) is 0 Å². The van der Waals surface area contributed by atoms with E-state index in [-0.39, 0.29) is 17.9 Å². The Labute approximate surface area is 98.0 Å². The summed E-state index contributed by atoms with van der Waals surface area (Å²) >= 11 is 0. The lowest BCUT2D eigenvalue weighted by molar-refractivity contribution is 0.0173. The highest BCUT2D eigenvalue weighted by molar-refractivity contribution is 7.89. The Morgan fingerprint density at radius 1 is 1.44 bits per heavy atom. The van der Waals surface area contributed by atoms with Crippen molar-refractivity contribution in [3.8, 4) is 0 Å². The smallest absolute Gasteiger partial charge is 0.213 e. The second-order valence-electron chi connectivity index (χ2n) is 4.19. The third-order valence-electron chi connectivity index (χ3n) is 2.63. The van der Waals surface area contributed by atoms with E-state index >= 15 is 0 Å². The molecule has 1 saturated heterocycles. The maximum absolute atomic E-state index is 11.7. The fourth-order valence-corrected chi connectivity index (χ4v) is 3.05. The van der Waals surface area contributed by atoms with Gasteiger partial charge >= 0.3 is 0 Å². The van der Waals surface area contributed by atoms with Crippen molar-refractivity contribution in [2.45, 2.75) is 38.8 Å². The van der Waals surface area contributed by atoms with E-state index < -0.39 is 10.0 Å². The summed E-state index contributed by atoms with van der Waals surface area (Å²) in [5.74, 6) is 0.145. The van der Waals surface area contributed by atoms with Crippen molar-refractivity contribution in [3.63, 3.8) is 0 Å². The first-order valence-electron chi connectivity index (χ1n) is 5.86. The molecule has 1 aliphatic rings. The molecular formula is C10H22N2O3S. The van der Waals surface area contributed by atoms with Gasteiger partial charge in [-0.05, 0) is 26.3 Å². The highest BCUT2D eigenvalue weighted by atomic mass is 32.2. The molecule has 0 amide bonds. The summed E-state index contributed by atoms with van der Waals surface area (Å²) in [4.78, 5) is 0. The van der Waals surface area contributed by atoms with Gasteiger partial charge in [0.2, 0.25) is 10.0 Å². The molecule has 0 aromatic carbocycles. The van der Waals surface area contributed by atoms with Crippen LogP contribution < -0.4 is 10.0 Å². The summed E-state index contributed by atoms with van der Waals surface area (Å²) in [7, 11) is -3.14. The molecule has 0 aromatic rings. The number of nitrogens with one attached hydrogen (secondary N) is 2. The number of ether oxygens (including phenoxy) is 1. The van der Waals surface area contributed by atoms with Gasteiger partial charge in [-0.3, -0.25) is 0 Å². The molecular weight excluding hydrogens is 228 g/mol. The van der Waals surface area contributed by atoms with Gasteiger partial charge in [0.15, 0.2) is 0 Å². The molecule has 2 N–H and O–H groups in total. The zero-order chi connectivity index (χ0) is 12.0. The molecule has 1 rings (SSSR count). The third-order valence-corrected chi connectivity index (χ3v) is 4.06. The van der Waals surface area contributed by atoms with Gasteiger partial charge in [0, 0.05) is 19.2 Å². The summed E-state index contributed by atoms with van der Waals surface area (Å²) < 4.78 is 31.5. The number of sulfonamides is 1. The fraction of sp³-hybridized carbons (Fsp3) is 1.00. The van der Waals surface area contributed by atoms with E-state index in [0.717, 1.165) is 19.4 Å². The van der Waals surface area contributed by atoms with Crippen molar-refractivity contribution < 1.29 is 13.2 Å². The first-order valence-corrected chi connectivity index (χ1v) is 7.51. The molecule has 0 spiro atoms. The second kappa shape index (κ2) is 6.54. The van der Waals surface area contributed by atoms with Crippen LogP contribution in [0.4, 0.5) is 0 Å². The minimum absolute atomic E-state index is 0.0374. The van der Waals surface area contributed by atoms with Gasteiger partial charge < -0.3 is 10.1 Å². The maximum atomic E-state index is 11.7. The van der Waals surface area contributed by atoms with Crippen LogP contribution in [0.1, 0.15) is 26.7 Å². The van der Waals surface area contributed by atoms with Gasteiger partial charge in [-0.15, -0.1) is 0 Å². The van der Waals surface area contributed by atoms with E-state index in [1.54, 1.807) is 0 Å². The minimum Gasteiger partial charge on any atom is -0.378 e. The summed E-state index contributed by atoms with van der Waals surface area (Å²) in [6.45, 7) is 5.87. The molecule has 6 heteroatoms. The predicted octanol–water partition coefficient (Wildman–Crippen LogP) is 0.0828. The van der Waals surface area contributed by atoms with Gasteiger partial charge in [-0.25, -0.2) is 13.1 Å². The van der Waals surface area contributed by atoms with Crippen LogP contribution in [-0.2, 0) is 14.8 Å². The summed E-state index contributed by atoms with van der Waals surface area (Å²) in [5.41, 5.74) is 0. The predicted molar refractivity (Wildman–Crippen MR) is 63.9 cm³/mol. The number of rotatable bonds is 6. The van der Waals surface area contributed by atoms with E-state index in [2.05, 4.69) is 10.0 Å². The summed E-state index contributed by atoms with van der Waals surface area (Å²) in [5, 5.41) is 3.01. The summed E-state index contributed by atoms with van der Waals surface area (Å²) in [6.07, 6.45) is 1.68. The summed E-state index contributed by atoms with van der Waals surface area (Å²) in [6, 6.07) is 0.0374. The van der Waals surface area contributed by atoms with Crippen molar-refractivity contribution in [1.29, 1.82) is 0 Å². The Hall–Kier alpha value is -0.170. The zero-order valence-corrected chi connectivity index (χ0v) is 10.8. The molecule has 1 heterocycles. The molecule has 16 heavy (non-hydrogen) atoms. The normalized spacial score (nSPS) is 26.9. The first kappa shape index (κ1) is 13.9. The first-order chi connectivity index (χ1) is 7.53. The molecule has 0 radical (unpaired) electrons. The Morgan fingerprint density at radius 2 is 2.19 bits per heavy atom. The molecule has 0 saturated carbocycles. The van der Waals surface area contributed by atoms with Crippen LogP contribution >= 0.6 is 0 Å². The lowest BCUT2D eigenvalue weighted by Crippen LogP contribution is -2.43. The standard InChI is InChI=1S/C10H22N2O3S/c1-3-11-5-7-16(13,14)12-10-4-6-15-9(2)8-10/h9-12H,3-8H2,1-2H3. The molecule has 96 valence electrons. The van der Waals surface area contributed by atoms with Crippen molar-refractivity contribution in [1.82, 2.24) is 10.0 Å². The SMILES string of the molecule is CCNCCS(=O)(=O)NC1CCOC(C)C1. The fourth-order valence-electron chi connectivity index (χ4n) is 1.80. The molecule has 1 fully saturated rings. The Bertz CT molecular complexity index is 292. The van der Waals surface area contributed by atoms with E-state index in [0.29, 0.717) is 13.2 Å². The Morgan fingerprint density at radius 3 is 2.81 bits per heavy atom. The van der Waals surface area contributed by atoms with E-state index in [1.165, 1.54) is 0 Å². The molecule has 0 aliphatic carbocycles. The van der Waals surface area contributed by atoms with Gasteiger partial charge in [-0.1, -0.05) is 6.92 Å². The van der Waals surface area contributed by atoms with Crippen LogP contribution in [0.5, 0.6) is 0 Å². The van der Waals surface area contributed by atoms with Gasteiger partial charge in [-0.2, -0.15) is 0 Å². The average Bonchev–Trinajstić information content (AvgIpc) is 2.17. The molecule has 0 aromatic heterocycles. The van der Waals surface area contributed by atoms with E-state index in [4.69, 9.17) is 4.74 Å². The monoisotopic (exact) mass is 250 g/mol. The topological polar surface area (TPSA) is 67.4 Å². The van der Waals surface area contributed by atoms with E-state index in [1.807, 2.05) is 13.8 Å². The van der Waals surface area contributed by atoms with Crippen molar-refractivity contribution in [3.05, 3.63) is 0 Å². The van der Waals surface area contributed by atoms with Crippen molar-refractivity contribution in [2.75, 3.05) is 25.4 Å². The average molecular weight is 250 g/mol. The van der Waals surface area contributed by atoms with Gasteiger partial charge in [0.25, 0.3) is 0 Å². The lowest BCUT2D eigenvalue weighted by Gasteiger charge is -2.27. The quantitative estimate of drug-likeness (QED) is 0.655. The van der Waals surface area contributed by atoms with Crippen LogP contribution in [-0.4, -0.2) is 46.0 Å². The van der Waals surface area contributed by atoms with Crippen molar-refractivity contribution in [2.24, 2.45) is 0 Å². The Balaban J connectivity index is 2.33. The van der Waals surface area contributed by atoms with Crippen molar-refractivity contribution >= 4 is 10.0 Å². The minimum atomic E-state index is -3.14. The van der Waals surface area contributed by atoms with Crippen LogP contribution in [0.3, 0.4) is 0 Å². The van der Waals surface area contributed by atoms with Crippen LogP contribution in [0.15, 0.2) is 0 Å². The Kier molecular flexibility index (Phi) is 5.68. The van der Waals surface area contributed by atoms with Gasteiger partial charge in [0.05, 0.1) is 11.9 Å². The largest absolute Gasteiger partial charge is 0.378 e. The molecule has 2 atom stereocenters. The highest BCUT2D eigenvalue weighted by Gasteiger charge is 2.23. The number of hydrogen-bond donors (Lipinski definition) is 2. The molecule has 0 bridgehead atoms. The van der Waals surface area contributed by atoms with Crippen LogP contribution in [0.25, 0.3) is 0 Å². The zero-order valence-electron chi connectivity index (χ0n) is 10.0.